The third-order valence-electron chi connectivity index (χ3n) is 3.79. The second-order valence-electron chi connectivity index (χ2n) is 6.09. The Morgan fingerprint density at radius 3 is 2.38 bits per heavy atom. The Morgan fingerprint density at radius 1 is 1.08 bits per heavy atom. The summed E-state index contributed by atoms with van der Waals surface area (Å²) in [5, 5.41) is 3.62. The minimum atomic E-state index is -0.0981. The van der Waals surface area contributed by atoms with Crippen LogP contribution in [0.2, 0.25) is 5.02 Å². The van der Waals surface area contributed by atoms with Crippen LogP contribution in [0.5, 0.6) is 5.75 Å². The van der Waals surface area contributed by atoms with Crippen LogP contribution in [-0.4, -0.2) is 19.1 Å². The first-order chi connectivity index (χ1) is 11.5. The molecule has 2 aromatic carbocycles. The minimum absolute atomic E-state index is 0.0436. The third-order valence-corrected chi connectivity index (χ3v) is 4.05. The highest BCUT2D eigenvalue weighted by atomic mass is 35.5. The molecule has 2 rings (SSSR count). The highest BCUT2D eigenvalue weighted by Crippen LogP contribution is 2.18. The number of nitrogens with one attached hydrogen (secondary N) is 1. The van der Waals surface area contributed by atoms with Gasteiger partial charge in [-0.3, -0.25) is 4.79 Å². The van der Waals surface area contributed by atoms with Crippen LogP contribution >= 0.6 is 11.6 Å². The number of halogens is 1. The molecule has 0 unspecified atom stereocenters. The Hall–Kier alpha value is -2.00. The first kappa shape index (κ1) is 18.3. The zero-order valence-corrected chi connectivity index (χ0v) is 15.0. The van der Waals surface area contributed by atoms with Crippen LogP contribution in [0, 0.1) is 0 Å². The van der Waals surface area contributed by atoms with Gasteiger partial charge in [0.1, 0.15) is 5.75 Å². The molecule has 4 heteroatoms. The summed E-state index contributed by atoms with van der Waals surface area (Å²) in [7, 11) is 0. The topological polar surface area (TPSA) is 38.3 Å². The molecule has 2 aromatic rings. The molecule has 0 aliphatic rings. The monoisotopic (exact) mass is 345 g/mol. The summed E-state index contributed by atoms with van der Waals surface area (Å²) in [5.74, 6) is 1.11. The molecule has 1 N–H and O–H groups in total. The summed E-state index contributed by atoms with van der Waals surface area (Å²) in [6.45, 7) is 4.97. The number of aryl methyl sites for hydroxylation is 1. The lowest BCUT2D eigenvalue weighted by atomic mass is 10.0. The fourth-order valence-electron chi connectivity index (χ4n) is 2.32. The predicted octanol–water partition coefficient (Wildman–Crippen LogP) is 4.59. The Morgan fingerprint density at radius 2 is 1.75 bits per heavy atom. The first-order valence-corrected chi connectivity index (χ1v) is 8.66. The molecular weight excluding hydrogens is 322 g/mol. The second kappa shape index (κ2) is 9.33. The van der Waals surface area contributed by atoms with Crippen molar-refractivity contribution in [1.82, 2.24) is 5.32 Å². The van der Waals surface area contributed by atoms with Crippen molar-refractivity contribution in [2.75, 3.05) is 13.2 Å². The van der Waals surface area contributed by atoms with E-state index in [1.54, 1.807) is 0 Å². The molecule has 0 aliphatic carbocycles. The van der Waals surface area contributed by atoms with Crippen molar-refractivity contribution in [3.8, 4) is 5.75 Å². The number of carbonyl (C=O) groups excluding carboxylic acids is 1. The molecule has 128 valence electrons. The number of ether oxygens (including phenoxy) is 1. The Labute approximate surface area is 149 Å². The lowest BCUT2D eigenvalue weighted by Crippen LogP contribution is -2.29. The summed E-state index contributed by atoms with van der Waals surface area (Å²) < 4.78 is 5.50. The molecule has 3 nitrogen and oxygen atoms in total. The van der Waals surface area contributed by atoms with E-state index in [0.29, 0.717) is 12.5 Å². The van der Waals surface area contributed by atoms with Crippen LogP contribution in [0.4, 0.5) is 0 Å². The van der Waals surface area contributed by atoms with Crippen LogP contribution in [0.25, 0.3) is 0 Å². The van der Waals surface area contributed by atoms with Gasteiger partial charge >= 0.3 is 0 Å². The van der Waals surface area contributed by atoms with E-state index in [1.807, 2.05) is 48.5 Å². The molecule has 0 aliphatic heterocycles. The fraction of sp³-hybridized carbons (Fsp3) is 0.350. The van der Waals surface area contributed by atoms with E-state index in [-0.39, 0.29) is 12.5 Å². The maximum Gasteiger partial charge on any atom is 0.257 e. The Kier molecular flexibility index (Phi) is 7.13. The van der Waals surface area contributed by atoms with E-state index in [2.05, 4.69) is 19.2 Å². The maximum absolute atomic E-state index is 11.8. The summed E-state index contributed by atoms with van der Waals surface area (Å²) in [6, 6.07) is 15.7. The summed E-state index contributed by atoms with van der Waals surface area (Å²) in [4.78, 5) is 11.8. The molecule has 0 saturated carbocycles. The van der Waals surface area contributed by atoms with E-state index in [4.69, 9.17) is 16.3 Å². The number of amides is 1. The van der Waals surface area contributed by atoms with Gasteiger partial charge in [0.15, 0.2) is 6.61 Å². The predicted molar refractivity (Wildman–Crippen MR) is 98.8 cm³/mol. The van der Waals surface area contributed by atoms with Gasteiger partial charge in [0.05, 0.1) is 0 Å². The third kappa shape index (κ3) is 6.25. The summed E-state index contributed by atoms with van der Waals surface area (Å²) in [5.41, 5.74) is 2.48. The van der Waals surface area contributed by atoms with Crippen LogP contribution in [-0.2, 0) is 11.2 Å². The summed E-state index contributed by atoms with van der Waals surface area (Å²) in [6.07, 6.45) is 1.80. The molecule has 0 spiro atoms. The maximum atomic E-state index is 11.8. The SMILES string of the molecule is CC(C)c1ccc(OCC(=O)NCCCc2ccc(Cl)cc2)cc1. The lowest BCUT2D eigenvalue weighted by molar-refractivity contribution is -0.123. The average Bonchev–Trinajstić information content (AvgIpc) is 2.59. The van der Waals surface area contributed by atoms with Crippen molar-refractivity contribution < 1.29 is 9.53 Å². The van der Waals surface area contributed by atoms with Crippen molar-refractivity contribution in [1.29, 1.82) is 0 Å². The molecule has 0 aromatic heterocycles. The largest absolute Gasteiger partial charge is 0.484 e. The van der Waals surface area contributed by atoms with Crippen molar-refractivity contribution in [2.45, 2.75) is 32.6 Å². The number of carbonyl (C=O) groups is 1. The second-order valence-corrected chi connectivity index (χ2v) is 6.53. The standard InChI is InChI=1S/C20H24ClNO2/c1-15(2)17-7-11-19(12-8-17)24-14-20(23)22-13-3-4-16-5-9-18(21)10-6-16/h5-12,15H,3-4,13-14H2,1-2H3,(H,22,23). The van der Waals surface area contributed by atoms with Gasteiger partial charge < -0.3 is 10.1 Å². The van der Waals surface area contributed by atoms with E-state index in [9.17, 15) is 4.79 Å². The van der Waals surface area contributed by atoms with Gasteiger partial charge in [-0.25, -0.2) is 0 Å². The van der Waals surface area contributed by atoms with Crippen molar-refractivity contribution in [3.05, 3.63) is 64.7 Å². The van der Waals surface area contributed by atoms with Crippen LogP contribution < -0.4 is 10.1 Å². The van der Waals surface area contributed by atoms with E-state index >= 15 is 0 Å². The minimum Gasteiger partial charge on any atom is -0.484 e. The molecule has 0 heterocycles. The van der Waals surface area contributed by atoms with Gasteiger partial charge in [-0.15, -0.1) is 0 Å². The van der Waals surface area contributed by atoms with Crippen molar-refractivity contribution in [3.63, 3.8) is 0 Å². The lowest BCUT2D eigenvalue weighted by Gasteiger charge is -2.09. The zero-order chi connectivity index (χ0) is 17.4. The number of rotatable bonds is 8. The molecule has 0 atom stereocenters. The summed E-state index contributed by atoms with van der Waals surface area (Å²) >= 11 is 5.85. The van der Waals surface area contributed by atoms with Gasteiger partial charge in [0.25, 0.3) is 5.91 Å². The molecule has 24 heavy (non-hydrogen) atoms. The highest BCUT2D eigenvalue weighted by Gasteiger charge is 2.04. The van der Waals surface area contributed by atoms with E-state index in [0.717, 1.165) is 23.6 Å². The average molecular weight is 346 g/mol. The first-order valence-electron chi connectivity index (χ1n) is 8.28. The molecule has 0 radical (unpaired) electrons. The molecule has 1 amide bonds. The van der Waals surface area contributed by atoms with Gasteiger partial charge in [-0.1, -0.05) is 49.7 Å². The quantitative estimate of drug-likeness (QED) is 0.710. The van der Waals surface area contributed by atoms with Gasteiger partial charge in [0.2, 0.25) is 0 Å². The van der Waals surface area contributed by atoms with Crippen LogP contribution in [0.3, 0.4) is 0 Å². The number of benzene rings is 2. The highest BCUT2D eigenvalue weighted by molar-refractivity contribution is 6.30. The Bertz CT molecular complexity index is 636. The van der Waals surface area contributed by atoms with Crippen LogP contribution in [0.15, 0.2) is 48.5 Å². The van der Waals surface area contributed by atoms with Gasteiger partial charge in [-0.2, -0.15) is 0 Å². The van der Waals surface area contributed by atoms with Crippen LogP contribution in [0.1, 0.15) is 37.3 Å². The van der Waals surface area contributed by atoms with Gasteiger partial charge in [-0.05, 0) is 54.2 Å². The fourth-order valence-corrected chi connectivity index (χ4v) is 2.45. The van der Waals surface area contributed by atoms with Gasteiger partial charge in [0, 0.05) is 11.6 Å². The zero-order valence-electron chi connectivity index (χ0n) is 14.2. The molecular formula is C20H24ClNO2. The number of hydrogen-bond donors (Lipinski definition) is 1. The molecule has 0 fully saturated rings. The van der Waals surface area contributed by atoms with Crippen molar-refractivity contribution >= 4 is 17.5 Å². The van der Waals surface area contributed by atoms with Crippen molar-refractivity contribution in [2.24, 2.45) is 0 Å². The molecule has 0 bridgehead atoms. The molecule has 0 saturated heterocycles. The van der Waals surface area contributed by atoms with E-state index in [1.165, 1.54) is 11.1 Å². The number of hydrogen-bond acceptors (Lipinski definition) is 2. The smallest absolute Gasteiger partial charge is 0.257 e. The van der Waals surface area contributed by atoms with E-state index < -0.39 is 0 Å². The Balaban J connectivity index is 1.63. The normalized spacial score (nSPS) is 10.7.